The lowest BCUT2D eigenvalue weighted by atomic mass is 10.3. The van der Waals surface area contributed by atoms with Crippen molar-refractivity contribution in [3.05, 3.63) is 43.1 Å². The van der Waals surface area contributed by atoms with Gasteiger partial charge in [0.1, 0.15) is 12.1 Å². The molecule has 0 aliphatic carbocycles. The summed E-state index contributed by atoms with van der Waals surface area (Å²) in [5.74, 6) is 1.80. The number of rotatable bonds is 5. The van der Waals surface area contributed by atoms with Crippen LogP contribution in [0, 0.1) is 0 Å². The molecule has 0 radical (unpaired) electrons. The van der Waals surface area contributed by atoms with E-state index in [1.54, 1.807) is 13.4 Å². The molecule has 1 aromatic carbocycles. The van der Waals surface area contributed by atoms with E-state index in [1.807, 2.05) is 41.4 Å². The van der Waals surface area contributed by atoms with Gasteiger partial charge in [-0.2, -0.15) is 0 Å². The number of hydrogen-bond donors (Lipinski definition) is 0. The summed E-state index contributed by atoms with van der Waals surface area (Å²) in [6, 6.07) is 7.95. The normalized spacial score (nSPS) is 14.8. The van der Waals surface area contributed by atoms with Gasteiger partial charge in [0.15, 0.2) is 17.0 Å². The summed E-state index contributed by atoms with van der Waals surface area (Å²) in [6.07, 6.45) is 5.28. The fourth-order valence-electron chi connectivity index (χ4n) is 3.70. The highest BCUT2D eigenvalue weighted by molar-refractivity contribution is 5.83. The standard InChI is InChI=1S/C20H22N8O/c1-29-11-10-28-14-24-18-19(22-13-23-20(18)28)27-8-6-26(7-9-27)17-12-21-15-4-2-3-5-16(15)25-17/h2-5,12-14H,6-11H2,1H3. The first-order valence-electron chi connectivity index (χ1n) is 9.70. The van der Waals surface area contributed by atoms with Gasteiger partial charge in [-0.05, 0) is 12.1 Å². The number of methoxy groups -OCH3 is 1. The van der Waals surface area contributed by atoms with Gasteiger partial charge >= 0.3 is 0 Å². The van der Waals surface area contributed by atoms with Gasteiger partial charge in [0.2, 0.25) is 0 Å². The Balaban J connectivity index is 1.34. The van der Waals surface area contributed by atoms with Crippen LogP contribution in [0.1, 0.15) is 0 Å². The molecule has 4 heterocycles. The second-order valence-corrected chi connectivity index (χ2v) is 6.99. The van der Waals surface area contributed by atoms with Crippen molar-refractivity contribution in [2.75, 3.05) is 49.7 Å². The minimum atomic E-state index is 0.621. The van der Waals surface area contributed by atoms with Crippen molar-refractivity contribution < 1.29 is 4.74 Å². The van der Waals surface area contributed by atoms with Crippen LogP contribution in [0.15, 0.2) is 43.1 Å². The Morgan fingerprint density at radius 2 is 1.72 bits per heavy atom. The predicted octanol–water partition coefficient (Wildman–Crippen LogP) is 1.74. The molecule has 0 amide bonds. The molecule has 1 saturated heterocycles. The first-order chi connectivity index (χ1) is 14.3. The van der Waals surface area contributed by atoms with Crippen molar-refractivity contribution >= 4 is 33.8 Å². The second-order valence-electron chi connectivity index (χ2n) is 6.99. The first-order valence-corrected chi connectivity index (χ1v) is 9.70. The van der Waals surface area contributed by atoms with Crippen LogP contribution in [0.25, 0.3) is 22.2 Å². The lowest BCUT2D eigenvalue weighted by molar-refractivity contribution is 0.188. The summed E-state index contributed by atoms with van der Waals surface area (Å²) in [4.78, 5) is 27.4. The third-order valence-corrected chi connectivity index (χ3v) is 5.26. The molecule has 0 spiro atoms. The summed E-state index contributed by atoms with van der Waals surface area (Å²) < 4.78 is 7.18. The number of imidazole rings is 1. The zero-order valence-corrected chi connectivity index (χ0v) is 16.3. The van der Waals surface area contributed by atoms with Crippen molar-refractivity contribution in [3.8, 4) is 0 Å². The van der Waals surface area contributed by atoms with Crippen molar-refractivity contribution in [3.63, 3.8) is 0 Å². The molecule has 148 valence electrons. The van der Waals surface area contributed by atoms with Crippen molar-refractivity contribution in [1.82, 2.24) is 29.5 Å². The topological polar surface area (TPSA) is 85.1 Å². The molecule has 0 bridgehead atoms. The first kappa shape index (κ1) is 17.7. The molecular formula is C20H22N8O. The molecule has 1 aliphatic heterocycles. The predicted molar refractivity (Wildman–Crippen MR) is 111 cm³/mol. The van der Waals surface area contributed by atoms with E-state index in [-0.39, 0.29) is 0 Å². The molecule has 0 N–H and O–H groups in total. The molecule has 4 aromatic rings. The van der Waals surface area contributed by atoms with Crippen LogP contribution in [0.5, 0.6) is 0 Å². The van der Waals surface area contributed by atoms with Crippen LogP contribution in [-0.4, -0.2) is 69.4 Å². The Kier molecular flexibility index (Phi) is 4.65. The molecule has 9 heteroatoms. The molecule has 5 rings (SSSR count). The average molecular weight is 390 g/mol. The van der Waals surface area contributed by atoms with Gasteiger partial charge in [-0.25, -0.2) is 19.9 Å². The number of piperazine rings is 1. The molecule has 1 fully saturated rings. The Morgan fingerprint density at radius 1 is 0.931 bits per heavy atom. The minimum Gasteiger partial charge on any atom is -0.383 e. The van der Waals surface area contributed by atoms with Crippen molar-refractivity contribution in [1.29, 1.82) is 0 Å². The van der Waals surface area contributed by atoms with Crippen molar-refractivity contribution in [2.24, 2.45) is 0 Å². The lowest BCUT2D eigenvalue weighted by Crippen LogP contribution is -2.47. The van der Waals surface area contributed by atoms with Crippen LogP contribution < -0.4 is 9.80 Å². The van der Waals surface area contributed by atoms with E-state index in [4.69, 9.17) is 9.72 Å². The third-order valence-electron chi connectivity index (χ3n) is 5.26. The number of anilines is 2. The van der Waals surface area contributed by atoms with Crippen molar-refractivity contribution in [2.45, 2.75) is 6.54 Å². The molecule has 1 aliphatic rings. The molecule has 9 nitrogen and oxygen atoms in total. The zero-order chi connectivity index (χ0) is 19.6. The van der Waals surface area contributed by atoms with Gasteiger partial charge in [0.25, 0.3) is 0 Å². The number of nitrogens with zero attached hydrogens (tertiary/aromatic N) is 8. The zero-order valence-electron chi connectivity index (χ0n) is 16.3. The number of ether oxygens (including phenoxy) is 1. The summed E-state index contributed by atoms with van der Waals surface area (Å²) in [5.41, 5.74) is 3.52. The number of aromatic nitrogens is 6. The molecule has 29 heavy (non-hydrogen) atoms. The average Bonchev–Trinajstić information content (AvgIpc) is 3.20. The highest BCUT2D eigenvalue weighted by atomic mass is 16.5. The maximum absolute atomic E-state index is 5.17. The Labute approximate surface area is 168 Å². The fourth-order valence-corrected chi connectivity index (χ4v) is 3.70. The summed E-state index contributed by atoms with van der Waals surface area (Å²) in [7, 11) is 1.69. The number of benzene rings is 1. The van der Waals surface area contributed by atoms with Gasteiger partial charge < -0.3 is 19.1 Å². The minimum absolute atomic E-state index is 0.621. The number of fused-ring (bicyclic) bond motifs is 2. The summed E-state index contributed by atoms with van der Waals surface area (Å²) >= 11 is 0. The van der Waals surface area contributed by atoms with Crippen LogP contribution in [-0.2, 0) is 11.3 Å². The van der Waals surface area contributed by atoms with Gasteiger partial charge in [0, 0.05) is 39.8 Å². The van der Waals surface area contributed by atoms with Gasteiger partial charge in [0.05, 0.1) is 30.2 Å². The van der Waals surface area contributed by atoms with Crippen LogP contribution in [0.4, 0.5) is 11.6 Å². The van der Waals surface area contributed by atoms with E-state index in [9.17, 15) is 0 Å². The van der Waals surface area contributed by atoms with E-state index in [0.717, 1.165) is 66.6 Å². The molecule has 3 aromatic heterocycles. The number of hydrogen-bond acceptors (Lipinski definition) is 8. The Morgan fingerprint density at radius 3 is 2.55 bits per heavy atom. The lowest BCUT2D eigenvalue weighted by Gasteiger charge is -2.35. The highest BCUT2D eigenvalue weighted by Gasteiger charge is 2.22. The Bertz CT molecular complexity index is 1140. The van der Waals surface area contributed by atoms with Crippen LogP contribution >= 0.6 is 0 Å². The largest absolute Gasteiger partial charge is 0.383 e. The van der Waals surface area contributed by atoms with Gasteiger partial charge in [-0.1, -0.05) is 12.1 Å². The SMILES string of the molecule is COCCn1cnc2c(N3CCN(c4cnc5ccccc5n4)CC3)ncnc21. The van der Waals surface area contributed by atoms with Crippen LogP contribution in [0.3, 0.4) is 0 Å². The second kappa shape index (κ2) is 7.59. The molecular weight excluding hydrogens is 368 g/mol. The quantitative estimate of drug-likeness (QED) is 0.509. The van der Waals surface area contributed by atoms with E-state index in [2.05, 4.69) is 29.7 Å². The molecule has 0 unspecified atom stereocenters. The monoisotopic (exact) mass is 390 g/mol. The Hall–Kier alpha value is -3.33. The summed E-state index contributed by atoms with van der Waals surface area (Å²) in [6.45, 7) is 4.72. The van der Waals surface area contributed by atoms with Crippen LogP contribution in [0.2, 0.25) is 0 Å². The van der Waals surface area contributed by atoms with Gasteiger partial charge in [-0.3, -0.25) is 4.98 Å². The maximum Gasteiger partial charge on any atom is 0.165 e. The van der Waals surface area contributed by atoms with E-state index >= 15 is 0 Å². The van der Waals surface area contributed by atoms with E-state index in [1.165, 1.54) is 0 Å². The van der Waals surface area contributed by atoms with E-state index < -0.39 is 0 Å². The smallest absolute Gasteiger partial charge is 0.165 e. The highest BCUT2D eigenvalue weighted by Crippen LogP contribution is 2.24. The molecule has 0 saturated carbocycles. The van der Waals surface area contributed by atoms with Gasteiger partial charge in [-0.15, -0.1) is 0 Å². The fraction of sp³-hybridized carbons (Fsp3) is 0.350. The number of para-hydroxylation sites is 2. The molecule has 0 atom stereocenters. The van der Waals surface area contributed by atoms with E-state index in [0.29, 0.717) is 6.61 Å². The third kappa shape index (κ3) is 3.33. The maximum atomic E-state index is 5.17. The summed E-state index contributed by atoms with van der Waals surface area (Å²) in [5, 5.41) is 0.